The molecule has 0 aliphatic carbocycles. The molecule has 0 aliphatic rings. The number of para-hydroxylation sites is 3. The molecule has 0 spiro atoms. The summed E-state index contributed by atoms with van der Waals surface area (Å²) in [5.74, 6) is -0.0727. The van der Waals surface area contributed by atoms with Gasteiger partial charge in [-0.15, -0.1) is 0 Å². The quantitative estimate of drug-likeness (QED) is 0.388. The molecule has 4 nitrogen and oxygen atoms in total. The molecule has 0 saturated heterocycles. The number of alkyl halides is 2. The third-order valence-corrected chi connectivity index (χ3v) is 5.22. The lowest BCUT2D eigenvalue weighted by Crippen LogP contribution is -2.06. The molecule has 0 amide bonds. The average molecular weight is 371 g/mol. The standard InChI is InChI=1S/C19H15F2N3OS/c1-11-17(12-6-2-3-7-13(12)22-11)16(25)10-26-19-23-14-8-4-5-9-15(14)24(19)18(20)21/h2-9,18,22H,10H2,1H3. The number of rotatable bonds is 5. The van der Waals surface area contributed by atoms with Crippen LogP contribution in [-0.4, -0.2) is 26.1 Å². The Morgan fingerprint density at radius 1 is 1.19 bits per heavy atom. The fourth-order valence-corrected chi connectivity index (χ4v) is 4.04. The number of H-pyrrole nitrogens is 1. The molecule has 1 N–H and O–H groups in total. The molecule has 2 heterocycles. The highest BCUT2D eigenvalue weighted by Gasteiger charge is 2.21. The van der Waals surface area contributed by atoms with Crippen LogP contribution in [0.25, 0.3) is 21.9 Å². The molecule has 4 rings (SSSR count). The topological polar surface area (TPSA) is 50.7 Å². The van der Waals surface area contributed by atoms with E-state index in [-0.39, 0.29) is 16.7 Å². The normalized spacial score (nSPS) is 11.7. The number of fused-ring (bicyclic) bond motifs is 2. The van der Waals surface area contributed by atoms with E-state index in [0.29, 0.717) is 16.6 Å². The lowest BCUT2D eigenvalue weighted by atomic mass is 10.1. The van der Waals surface area contributed by atoms with E-state index < -0.39 is 6.55 Å². The van der Waals surface area contributed by atoms with Crippen LogP contribution in [0.15, 0.2) is 53.7 Å². The summed E-state index contributed by atoms with van der Waals surface area (Å²) in [6, 6.07) is 14.3. The number of aromatic nitrogens is 3. The van der Waals surface area contributed by atoms with Crippen LogP contribution >= 0.6 is 11.8 Å². The molecule has 2 aromatic carbocycles. The van der Waals surface area contributed by atoms with Gasteiger partial charge in [0.05, 0.1) is 16.8 Å². The summed E-state index contributed by atoms with van der Waals surface area (Å²) in [5, 5.41) is 0.991. The van der Waals surface area contributed by atoms with Gasteiger partial charge in [0.25, 0.3) is 0 Å². The Morgan fingerprint density at radius 3 is 2.73 bits per heavy atom. The Labute approximate surface area is 152 Å². The Bertz CT molecular complexity index is 1120. The van der Waals surface area contributed by atoms with Crippen molar-refractivity contribution in [3.63, 3.8) is 0 Å². The summed E-state index contributed by atoms with van der Waals surface area (Å²) < 4.78 is 27.8. The van der Waals surface area contributed by atoms with E-state index in [1.807, 2.05) is 31.2 Å². The van der Waals surface area contributed by atoms with Gasteiger partial charge in [-0.3, -0.25) is 9.36 Å². The number of benzene rings is 2. The summed E-state index contributed by atoms with van der Waals surface area (Å²) in [6.07, 6.45) is 0. The lowest BCUT2D eigenvalue weighted by molar-refractivity contribution is 0.0656. The molecule has 7 heteroatoms. The van der Waals surface area contributed by atoms with Crippen LogP contribution in [-0.2, 0) is 0 Å². The van der Waals surface area contributed by atoms with E-state index in [9.17, 15) is 13.6 Å². The number of nitrogens with one attached hydrogen (secondary N) is 1. The Balaban J connectivity index is 1.65. The number of aromatic amines is 1. The molecule has 4 aromatic rings. The summed E-state index contributed by atoms with van der Waals surface area (Å²) in [5.41, 5.74) is 3.12. The molecule has 0 fully saturated rings. The SMILES string of the molecule is Cc1[nH]c2ccccc2c1C(=O)CSc1nc2ccccc2n1C(F)F. The van der Waals surface area contributed by atoms with Crippen molar-refractivity contribution in [2.45, 2.75) is 18.6 Å². The third kappa shape index (κ3) is 2.78. The van der Waals surface area contributed by atoms with E-state index in [1.165, 1.54) is 0 Å². The van der Waals surface area contributed by atoms with Crippen LogP contribution in [0.5, 0.6) is 0 Å². The van der Waals surface area contributed by atoms with Crippen LogP contribution in [0, 0.1) is 6.92 Å². The minimum Gasteiger partial charge on any atom is -0.358 e. The zero-order chi connectivity index (χ0) is 18.3. The first-order valence-corrected chi connectivity index (χ1v) is 9.03. The maximum Gasteiger partial charge on any atom is 0.321 e. The van der Waals surface area contributed by atoms with Crippen molar-refractivity contribution in [1.29, 1.82) is 0 Å². The van der Waals surface area contributed by atoms with E-state index in [0.717, 1.165) is 32.9 Å². The predicted octanol–water partition coefficient (Wildman–Crippen LogP) is 5.20. The number of aryl methyl sites for hydroxylation is 1. The average Bonchev–Trinajstić information content (AvgIpc) is 3.16. The van der Waals surface area contributed by atoms with E-state index in [1.54, 1.807) is 24.3 Å². The Kier molecular flexibility index (Phi) is 4.24. The summed E-state index contributed by atoms with van der Waals surface area (Å²) in [6.45, 7) is -0.874. The smallest absolute Gasteiger partial charge is 0.321 e. The molecule has 0 atom stereocenters. The molecule has 2 aromatic heterocycles. The number of thioether (sulfide) groups is 1. The van der Waals surface area contributed by atoms with Crippen LogP contribution in [0.3, 0.4) is 0 Å². The minimum absolute atomic E-state index is 0.0404. The number of carbonyl (C=O) groups is 1. The second-order valence-electron chi connectivity index (χ2n) is 5.91. The first kappa shape index (κ1) is 16.8. The number of carbonyl (C=O) groups excluding carboxylic acids is 1. The number of hydrogen-bond donors (Lipinski definition) is 1. The molecular formula is C19H15F2N3OS. The van der Waals surface area contributed by atoms with Crippen molar-refractivity contribution in [1.82, 2.24) is 14.5 Å². The largest absolute Gasteiger partial charge is 0.358 e. The van der Waals surface area contributed by atoms with Crippen LogP contribution in [0.4, 0.5) is 8.78 Å². The van der Waals surface area contributed by atoms with Crippen molar-refractivity contribution >= 4 is 39.5 Å². The molecule has 0 radical (unpaired) electrons. The summed E-state index contributed by atoms with van der Waals surface area (Å²) in [4.78, 5) is 20.2. The second-order valence-corrected chi connectivity index (χ2v) is 6.86. The van der Waals surface area contributed by atoms with Gasteiger partial charge in [-0.2, -0.15) is 8.78 Å². The van der Waals surface area contributed by atoms with E-state index in [4.69, 9.17) is 0 Å². The van der Waals surface area contributed by atoms with E-state index >= 15 is 0 Å². The lowest BCUT2D eigenvalue weighted by Gasteiger charge is -2.07. The summed E-state index contributed by atoms with van der Waals surface area (Å²) >= 11 is 1.03. The van der Waals surface area contributed by atoms with Gasteiger partial charge in [-0.05, 0) is 25.1 Å². The van der Waals surface area contributed by atoms with Crippen LogP contribution in [0.1, 0.15) is 22.6 Å². The van der Waals surface area contributed by atoms with Gasteiger partial charge in [0, 0.05) is 22.2 Å². The van der Waals surface area contributed by atoms with Gasteiger partial charge in [0.15, 0.2) is 10.9 Å². The number of nitrogens with zero attached hydrogens (tertiary/aromatic N) is 2. The van der Waals surface area contributed by atoms with Crippen LogP contribution < -0.4 is 0 Å². The van der Waals surface area contributed by atoms with Crippen molar-refractivity contribution in [3.05, 3.63) is 59.8 Å². The third-order valence-electron chi connectivity index (χ3n) is 4.26. The first-order chi connectivity index (χ1) is 12.6. The maximum atomic E-state index is 13.5. The maximum absolute atomic E-state index is 13.5. The van der Waals surface area contributed by atoms with Gasteiger partial charge < -0.3 is 4.98 Å². The predicted molar refractivity (Wildman–Crippen MR) is 99.1 cm³/mol. The first-order valence-electron chi connectivity index (χ1n) is 8.04. The number of imidazole rings is 1. The van der Waals surface area contributed by atoms with Gasteiger partial charge >= 0.3 is 6.55 Å². The number of ketones is 1. The van der Waals surface area contributed by atoms with Crippen molar-refractivity contribution in [2.24, 2.45) is 0 Å². The molecule has 132 valence electrons. The number of hydrogen-bond acceptors (Lipinski definition) is 3. The Hall–Kier alpha value is -2.67. The van der Waals surface area contributed by atoms with Gasteiger partial charge in [-0.1, -0.05) is 42.1 Å². The zero-order valence-electron chi connectivity index (χ0n) is 13.9. The number of Topliss-reactive ketones (excluding diaryl/α,β-unsaturated/α-hetero) is 1. The highest BCUT2D eigenvalue weighted by molar-refractivity contribution is 7.99. The molecule has 0 saturated carbocycles. The second kappa shape index (κ2) is 6.57. The highest BCUT2D eigenvalue weighted by Crippen LogP contribution is 2.30. The Morgan fingerprint density at radius 2 is 1.92 bits per heavy atom. The molecule has 0 aliphatic heterocycles. The molecule has 0 unspecified atom stereocenters. The molecule has 0 bridgehead atoms. The summed E-state index contributed by atoms with van der Waals surface area (Å²) in [7, 11) is 0. The molecular weight excluding hydrogens is 356 g/mol. The molecule has 26 heavy (non-hydrogen) atoms. The van der Waals surface area contributed by atoms with Crippen molar-refractivity contribution in [3.8, 4) is 0 Å². The van der Waals surface area contributed by atoms with Crippen molar-refractivity contribution in [2.75, 3.05) is 5.75 Å². The van der Waals surface area contributed by atoms with Gasteiger partial charge in [-0.25, -0.2) is 4.98 Å². The van der Waals surface area contributed by atoms with Crippen LogP contribution in [0.2, 0.25) is 0 Å². The fourth-order valence-electron chi connectivity index (χ4n) is 3.15. The van der Waals surface area contributed by atoms with Gasteiger partial charge in [0.2, 0.25) is 0 Å². The van der Waals surface area contributed by atoms with E-state index in [2.05, 4.69) is 9.97 Å². The van der Waals surface area contributed by atoms with Gasteiger partial charge in [0.1, 0.15) is 0 Å². The fraction of sp³-hybridized carbons (Fsp3) is 0.158. The highest BCUT2D eigenvalue weighted by atomic mass is 32.2. The monoisotopic (exact) mass is 371 g/mol. The van der Waals surface area contributed by atoms with Crippen molar-refractivity contribution < 1.29 is 13.6 Å². The zero-order valence-corrected chi connectivity index (χ0v) is 14.7. The number of halogens is 2. The minimum atomic E-state index is -2.71.